The lowest BCUT2D eigenvalue weighted by atomic mass is 10.2. The van der Waals surface area contributed by atoms with E-state index in [2.05, 4.69) is 21.2 Å². The number of nitrogens with one attached hydrogen (secondary N) is 1. The number of benzene rings is 1. The van der Waals surface area contributed by atoms with Gasteiger partial charge in [0, 0.05) is 16.6 Å². The predicted molar refractivity (Wildman–Crippen MR) is 80.8 cm³/mol. The van der Waals surface area contributed by atoms with E-state index in [0.717, 1.165) is 10.4 Å². The van der Waals surface area contributed by atoms with E-state index >= 15 is 0 Å². The summed E-state index contributed by atoms with van der Waals surface area (Å²) in [7, 11) is 0. The first-order valence-corrected chi connectivity index (χ1v) is 7.22. The third-order valence-electron chi connectivity index (χ3n) is 2.47. The Morgan fingerprint density at radius 1 is 1.47 bits per heavy atom. The second-order valence-corrected chi connectivity index (χ2v) is 5.75. The number of thiophene rings is 1. The van der Waals surface area contributed by atoms with Crippen LogP contribution in [-0.4, -0.2) is 5.91 Å². The molecule has 0 aliphatic carbocycles. The molecule has 0 radical (unpaired) electrons. The molecule has 0 aliphatic heterocycles. The van der Waals surface area contributed by atoms with Crippen LogP contribution in [0.4, 0.5) is 10.1 Å². The van der Waals surface area contributed by atoms with E-state index in [4.69, 9.17) is 0 Å². The average molecular weight is 340 g/mol. The molecule has 1 aromatic heterocycles. The molecular weight excluding hydrogens is 329 g/mol. The predicted octanol–water partition coefficient (Wildman–Crippen LogP) is 4.61. The number of hydrogen-bond acceptors (Lipinski definition) is 2. The topological polar surface area (TPSA) is 29.1 Å². The lowest BCUT2D eigenvalue weighted by Gasteiger charge is -2.07. The van der Waals surface area contributed by atoms with Gasteiger partial charge in [0.05, 0.1) is 4.47 Å². The fourth-order valence-corrected chi connectivity index (χ4v) is 2.58. The largest absolute Gasteiger partial charge is 0.322 e. The maximum Gasteiger partial charge on any atom is 0.248 e. The van der Waals surface area contributed by atoms with Gasteiger partial charge in [-0.1, -0.05) is 6.07 Å². The van der Waals surface area contributed by atoms with Crippen molar-refractivity contribution in [3.05, 3.63) is 56.5 Å². The van der Waals surface area contributed by atoms with E-state index in [1.165, 1.54) is 12.1 Å². The minimum absolute atomic E-state index is 0.279. The zero-order valence-electron chi connectivity index (χ0n) is 10.1. The molecule has 2 nitrogen and oxygen atoms in total. The Morgan fingerprint density at radius 3 is 2.95 bits per heavy atom. The summed E-state index contributed by atoms with van der Waals surface area (Å²) in [6, 6.07) is 6.76. The fourth-order valence-electron chi connectivity index (χ4n) is 1.50. The number of carbonyl (C=O) groups is 1. The van der Waals surface area contributed by atoms with Crippen molar-refractivity contribution in [1.29, 1.82) is 0 Å². The summed E-state index contributed by atoms with van der Waals surface area (Å²) in [5, 5.41) is 4.60. The molecule has 0 unspecified atom stereocenters. The second kappa shape index (κ2) is 6.12. The van der Waals surface area contributed by atoms with E-state index in [0.29, 0.717) is 10.2 Å². The van der Waals surface area contributed by atoms with Gasteiger partial charge in [0.25, 0.3) is 0 Å². The molecule has 0 aliphatic rings. The van der Waals surface area contributed by atoms with Gasteiger partial charge in [0.2, 0.25) is 5.91 Å². The summed E-state index contributed by atoms with van der Waals surface area (Å²) in [5.74, 6) is -0.679. The van der Waals surface area contributed by atoms with Crippen molar-refractivity contribution < 1.29 is 9.18 Å². The highest BCUT2D eigenvalue weighted by atomic mass is 79.9. The van der Waals surface area contributed by atoms with Gasteiger partial charge in [-0.3, -0.25) is 4.79 Å². The monoisotopic (exact) mass is 339 g/mol. The van der Waals surface area contributed by atoms with Gasteiger partial charge in [0.15, 0.2) is 0 Å². The van der Waals surface area contributed by atoms with Gasteiger partial charge in [-0.25, -0.2) is 4.39 Å². The van der Waals surface area contributed by atoms with Gasteiger partial charge in [-0.05, 0) is 58.1 Å². The molecule has 2 aromatic rings. The zero-order valence-corrected chi connectivity index (χ0v) is 12.5. The van der Waals surface area contributed by atoms with Crippen LogP contribution in [0.15, 0.2) is 40.2 Å². The van der Waals surface area contributed by atoms with Gasteiger partial charge < -0.3 is 5.32 Å². The van der Waals surface area contributed by atoms with E-state index in [-0.39, 0.29) is 5.91 Å². The number of aryl methyl sites for hydroxylation is 1. The zero-order chi connectivity index (χ0) is 13.8. The van der Waals surface area contributed by atoms with Crippen molar-refractivity contribution in [2.24, 2.45) is 0 Å². The lowest BCUT2D eigenvalue weighted by Crippen LogP contribution is -2.09. The highest BCUT2D eigenvalue weighted by Crippen LogP contribution is 2.24. The van der Waals surface area contributed by atoms with Crippen molar-refractivity contribution in [2.75, 3.05) is 5.32 Å². The Bertz CT molecular complexity index is 623. The van der Waals surface area contributed by atoms with Crippen molar-refractivity contribution in [3.8, 4) is 0 Å². The normalized spacial score (nSPS) is 10.9. The van der Waals surface area contributed by atoms with E-state index in [1.807, 2.05) is 24.4 Å². The lowest BCUT2D eigenvalue weighted by molar-refractivity contribution is -0.111. The standard InChI is InChI=1S/C14H11BrFNOS/c1-9-7-11(15)12(16)8-13(9)17-14(18)5-4-10-3-2-6-19-10/h2-8H,1H3,(H,17,18)/b5-4+. The Labute approximate surface area is 123 Å². The molecule has 0 fully saturated rings. The molecule has 1 aromatic carbocycles. The summed E-state index contributed by atoms with van der Waals surface area (Å²) >= 11 is 4.65. The number of rotatable bonds is 3. The van der Waals surface area contributed by atoms with E-state index < -0.39 is 5.82 Å². The maximum absolute atomic E-state index is 13.4. The van der Waals surface area contributed by atoms with Crippen LogP contribution in [0, 0.1) is 12.7 Å². The van der Waals surface area contributed by atoms with Crippen LogP contribution in [0.25, 0.3) is 6.08 Å². The van der Waals surface area contributed by atoms with Gasteiger partial charge >= 0.3 is 0 Å². The number of anilines is 1. The summed E-state index contributed by atoms with van der Waals surface area (Å²) in [6.45, 7) is 1.81. The van der Waals surface area contributed by atoms with Crippen molar-refractivity contribution in [1.82, 2.24) is 0 Å². The molecule has 19 heavy (non-hydrogen) atoms. The first-order chi connectivity index (χ1) is 9.06. The Balaban J connectivity index is 2.09. The molecule has 98 valence electrons. The highest BCUT2D eigenvalue weighted by Gasteiger charge is 2.07. The van der Waals surface area contributed by atoms with E-state index in [9.17, 15) is 9.18 Å². The fraction of sp³-hybridized carbons (Fsp3) is 0.0714. The molecule has 0 bridgehead atoms. The average Bonchev–Trinajstić information content (AvgIpc) is 2.86. The SMILES string of the molecule is Cc1cc(Br)c(F)cc1NC(=O)/C=C/c1cccs1. The Hall–Kier alpha value is -1.46. The van der Waals surface area contributed by atoms with Crippen LogP contribution in [0.2, 0.25) is 0 Å². The van der Waals surface area contributed by atoms with Crippen LogP contribution in [-0.2, 0) is 4.79 Å². The van der Waals surface area contributed by atoms with Crippen LogP contribution in [0.3, 0.4) is 0 Å². The third-order valence-corrected chi connectivity index (χ3v) is 3.91. The molecule has 0 atom stereocenters. The van der Waals surface area contributed by atoms with Gasteiger partial charge in [-0.2, -0.15) is 0 Å². The first kappa shape index (κ1) is 14.0. The smallest absolute Gasteiger partial charge is 0.248 e. The van der Waals surface area contributed by atoms with Gasteiger partial charge in [0.1, 0.15) is 5.82 Å². The second-order valence-electron chi connectivity index (χ2n) is 3.92. The summed E-state index contributed by atoms with van der Waals surface area (Å²) in [6.07, 6.45) is 3.16. The third kappa shape index (κ3) is 3.75. The van der Waals surface area contributed by atoms with Crippen LogP contribution >= 0.6 is 27.3 Å². The summed E-state index contributed by atoms with van der Waals surface area (Å²) < 4.78 is 13.8. The first-order valence-electron chi connectivity index (χ1n) is 5.54. The molecule has 1 heterocycles. The molecular formula is C14H11BrFNOS. The number of carbonyl (C=O) groups excluding carboxylic acids is 1. The summed E-state index contributed by atoms with van der Waals surface area (Å²) in [5.41, 5.74) is 1.27. The Kier molecular flexibility index (Phi) is 4.50. The molecule has 0 spiro atoms. The molecule has 2 rings (SSSR count). The number of amides is 1. The minimum Gasteiger partial charge on any atom is -0.322 e. The van der Waals surface area contributed by atoms with Crippen LogP contribution in [0.5, 0.6) is 0 Å². The minimum atomic E-state index is -0.400. The highest BCUT2D eigenvalue weighted by molar-refractivity contribution is 9.10. The number of hydrogen-bond donors (Lipinski definition) is 1. The maximum atomic E-state index is 13.4. The van der Waals surface area contributed by atoms with Crippen molar-refractivity contribution in [2.45, 2.75) is 6.92 Å². The quantitative estimate of drug-likeness (QED) is 0.813. The molecule has 1 amide bonds. The van der Waals surface area contributed by atoms with Crippen LogP contribution in [0.1, 0.15) is 10.4 Å². The summed E-state index contributed by atoms with van der Waals surface area (Å²) in [4.78, 5) is 12.7. The van der Waals surface area contributed by atoms with Crippen LogP contribution < -0.4 is 5.32 Å². The Morgan fingerprint density at radius 2 is 2.26 bits per heavy atom. The molecule has 1 N–H and O–H groups in total. The van der Waals surface area contributed by atoms with Crippen molar-refractivity contribution >= 4 is 44.9 Å². The molecule has 0 saturated heterocycles. The molecule has 0 saturated carbocycles. The van der Waals surface area contributed by atoms with E-state index in [1.54, 1.807) is 23.5 Å². The molecule has 5 heteroatoms. The van der Waals surface area contributed by atoms with Crippen molar-refractivity contribution in [3.63, 3.8) is 0 Å². The number of halogens is 2. The van der Waals surface area contributed by atoms with Gasteiger partial charge in [-0.15, -0.1) is 11.3 Å².